The van der Waals surface area contributed by atoms with Crippen molar-refractivity contribution in [1.29, 1.82) is 0 Å². The first-order valence-corrected chi connectivity index (χ1v) is 7.39. The Morgan fingerprint density at radius 1 is 1.28 bits per heavy atom. The van der Waals surface area contributed by atoms with Gasteiger partial charge in [-0.05, 0) is 62.9 Å². The molecule has 1 aromatic heterocycles. The molecule has 0 aliphatic heterocycles. The van der Waals surface area contributed by atoms with E-state index in [1.807, 2.05) is 6.07 Å². The summed E-state index contributed by atoms with van der Waals surface area (Å²) < 4.78 is 7.22. The summed E-state index contributed by atoms with van der Waals surface area (Å²) >= 11 is 6.75. The highest BCUT2D eigenvalue weighted by Crippen LogP contribution is 2.27. The van der Waals surface area contributed by atoms with Crippen LogP contribution < -0.4 is 5.32 Å². The van der Waals surface area contributed by atoms with E-state index in [1.54, 1.807) is 0 Å². The maximum absolute atomic E-state index is 5.54. The average Bonchev–Trinajstić information content (AvgIpc) is 2.66. The lowest BCUT2D eigenvalue weighted by Crippen LogP contribution is -2.18. The summed E-state index contributed by atoms with van der Waals surface area (Å²) in [6.07, 6.45) is 0. The van der Waals surface area contributed by atoms with E-state index < -0.39 is 0 Å². The Balaban J connectivity index is 2.00. The van der Waals surface area contributed by atoms with Crippen molar-refractivity contribution in [3.8, 4) is 0 Å². The second kappa shape index (κ2) is 6.04. The smallest absolute Gasteiger partial charge is 0.183 e. The van der Waals surface area contributed by atoms with Crippen molar-refractivity contribution in [3.63, 3.8) is 0 Å². The second-order valence-corrected chi connectivity index (χ2v) is 5.87. The third kappa shape index (κ3) is 3.25. The Hall–Kier alpha value is -0.580. The third-order valence-corrected chi connectivity index (χ3v) is 4.64. The van der Waals surface area contributed by atoms with E-state index in [4.69, 9.17) is 4.42 Å². The van der Waals surface area contributed by atoms with E-state index in [1.165, 1.54) is 11.1 Å². The molecule has 0 aliphatic carbocycles. The molecule has 1 N–H and O–H groups in total. The molecule has 2 aromatic rings. The molecule has 0 saturated heterocycles. The zero-order valence-corrected chi connectivity index (χ0v) is 13.5. The minimum atomic E-state index is 0.300. The van der Waals surface area contributed by atoms with Gasteiger partial charge in [-0.25, -0.2) is 0 Å². The van der Waals surface area contributed by atoms with Gasteiger partial charge in [0.25, 0.3) is 0 Å². The Bertz CT molecular complexity index is 517. The number of aryl methyl sites for hydroxylation is 1. The zero-order chi connectivity index (χ0) is 13.1. The normalized spacial score (nSPS) is 12.7. The molecule has 0 aliphatic rings. The van der Waals surface area contributed by atoms with Crippen LogP contribution in [0.3, 0.4) is 0 Å². The molecular weight excluding hydrogens is 358 g/mol. The summed E-state index contributed by atoms with van der Waals surface area (Å²) in [6, 6.07) is 10.7. The van der Waals surface area contributed by atoms with Gasteiger partial charge >= 0.3 is 0 Å². The lowest BCUT2D eigenvalue weighted by atomic mass is 10.0. The quantitative estimate of drug-likeness (QED) is 0.820. The molecule has 96 valence electrons. The minimum absolute atomic E-state index is 0.300. The zero-order valence-electron chi connectivity index (χ0n) is 10.3. The van der Waals surface area contributed by atoms with Crippen molar-refractivity contribution in [1.82, 2.24) is 5.32 Å². The van der Waals surface area contributed by atoms with Gasteiger partial charge in [0.15, 0.2) is 4.67 Å². The molecule has 0 amide bonds. The number of furan rings is 1. The molecule has 4 heteroatoms. The summed E-state index contributed by atoms with van der Waals surface area (Å²) in [7, 11) is 0. The van der Waals surface area contributed by atoms with Crippen LogP contribution in [-0.4, -0.2) is 0 Å². The van der Waals surface area contributed by atoms with Gasteiger partial charge in [0.1, 0.15) is 5.76 Å². The van der Waals surface area contributed by atoms with Crippen LogP contribution >= 0.6 is 31.9 Å². The standard InChI is InChI=1S/C14H15Br2NO/c1-9-5-3-4-6-12(9)10(2)17-8-11-7-13(15)14(16)18-11/h3-7,10,17H,8H2,1-2H3. The van der Waals surface area contributed by atoms with Crippen LogP contribution in [0, 0.1) is 6.92 Å². The molecule has 2 nitrogen and oxygen atoms in total. The fourth-order valence-electron chi connectivity index (χ4n) is 1.91. The average molecular weight is 373 g/mol. The summed E-state index contributed by atoms with van der Waals surface area (Å²) in [5.74, 6) is 0.911. The number of rotatable bonds is 4. The van der Waals surface area contributed by atoms with Gasteiger partial charge in [0, 0.05) is 6.04 Å². The van der Waals surface area contributed by atoms with Crippen molar-refractivity contribution in [2.75, 3.05) is 0 Å². The highest BCUT2D eigenvalue weighted by atomic mass is 79.9. The molecule has 0 saturated carbocycles. The van der Waals surface area contributed by atoms with Crippen LogP contribution in [0.5, 0.6) is 0 Å². The number of hydrogen-bond donors (Lipinski definition) is 1. The Morgan fingerprint density at radius 3 is 2.61 bits per heavy atom. The van der Waals surface area contributed by atoms with Gasteiger partial charge < -0.3 is 9.73 Å². The third-order valence-electron chi connectivity index (χ3n) is 2.93. The summed E-state index contributed by atoms with van der Waals surface area (Å²) in [6.45, 7) is 5.00. The molecular formula is C14H15Br2NO. The van der Waals surface area contributed by atoms with Crippen LogP contribution in [0.2, 0.25) is 0 Å². The molecule has 1 aromatic carbocycles. The van der Waals surface area contributed by atoms with Crippen LogP contribution in [-0.2, 0) is 6.54 Å². The monoisotopic (exact) mass is 371 g/mol. The van der Waals surface area contributed by atoms with E-state index in [0.717, 1.165) is 14.9 Å². The van der Waals surface area contributed by atoms with E-state index in [9.17, 15) is 0 Å². The summed E-state index contributed by atoms with van der Waals surface area (Å²) in [5, 5.41) is 3.46. The summed E-state index contributed by atoms with van der Waals surface area (Å²) in [4.78, 5) is 0. The summed E-state index contributed by atoms with van der Waals surface area (Å²) in [5.41, 5.74) is 2.63. The number of benzene rings is 1. The largest absolute Gasteiger partial charge is 0.452 e. The van der Waals surface area contributed by atoms with Crippen LogP contribution in [0.15, 0.2) is 43.9 Å². The highest BCUT2D eigenvalue weighted by molar-refractivity contribution is 9.13. The first-order chi connectivity index (χ1) is 8.58. The van der Waals surface area contributed by atoms with E-state index >= 15 is 0 Å². The first-order valence-electron chi connectivity index (χ1n) is 5.80. The molecule has 0 bridgehead atoms. The molecule has 1 atom stereocenters. The lowest BCUT2D eigenvalue weighted by molar-refractivity contribution is 0.446. The number of halogens is 2. The molecule has 2 rings (SSSR count). The fraction of sp³-hybridized carbons (Fsp3) is 0.286. The van der Waals surface area contributed by atoms with Gasteiger partial charge in [-0.3, -0.25) is 0 Å². The predicted molar refractivity (Wildman–Crippen MR) is 80.5 cm³/mol. The molecule has 1 heterocycles. The van der Waals surface area contributed by atoms with Crippen molar-refractivity contribution < 1.29 is 4.42 Å². The maximum Gasteiger partial charge on any atom is 0.183 e. The molecule has 0 radical (unpaired) electrons. The Morgan fingerprint density at radius 2 is 2.00 bits per heavy atom. The SMILES string of the molecule is Cc1ccccc1C(C)NCc1cc(Br)c(Br)o1. The number of nitrogens with one attached hydrogen (secondary N) is 1. The van der Waals surface area contributed by atoms with Gasteiger partial charge in [-0.15, -0.1) is 0 Å². The van der Waals surface area contributed by atoms with Crippen molar-refractivity contribution in [2.24, 2.45) is 0 Å². The minimum Gasteiger partial charge on any atom is -0.452 e. The van der Waals surface area contributed by atoms with Gasteiger partial charge in [-0.2, -0.15) is 0 Å². The van der Waals surface area contributed by atoms with E-state index in [-0.39, 0.29) is 0 Å². The number of hydrogen-bond acceptors (Lipinski definition) is 2. The Kier molecular flexibility index (Phi) is 4.65. The fourth-order valence-corrected chi connectivity index (χ4v) is 2.57. The lowest BCUT2D eigenvalue weighted by Gasteiger charge is -2.15. The second-order valence-electron chi connectivity index (χ2n) is 4.29. The van der Waals surface area contributed by atoms with E-state index in [2.05, 4.69) is 75.3 Å². The molecule has 0 spiro atoms. The molecule has 18 heavy (non-hydrogen) atoms. The van der Waals surface area contributed by atoms with Gasteiger partial charge in [0.2, 0.25) is 0 Å². The Labute approximate surface area is 124 Å². The topological polar surface area (TPSA) is 25.2 Å². The van der Waals surface area contributed by atoms with E-state index in [0.29, 0.717) is 12.6 Å². The first kappa shape index (κ1) is 13.8. The van der Waals surface area contributed by atoms with Crippen LogP contribution in [0.4, 0.5) is 0 Å². The predicted octanol–water partition coefficient (Wildman–Crippen LogP) is 4.96. The van der Waals surface area contributed by atoms with Crippen molar-refractivity contribution >= 4 is 31.9 Å². The highest BCUT2D eigenvalue weighted by Gasteiger charge is 2.10. The van der Waals surface area contributed by atoms with Crippen LogP contribution in [0.25, 0.3) is 0 Å². The van der Waals surface area contributed by atoms with Crippen molar-refractivity contribution in [3.05, 3.63) is 56.4 Å². The van der Waals surface area contributed by atoms with Crippen LogP contribution in [0.1, 0.15) is 29.9 Å². The van der Waals surface area contributed by atoms with Crippen molar-refractivity contribution in [2.45, 2.75) is 26.4 Å². The molecule has 0 fully saturated rings. The van der Waals surface area contributed by atoms with Gasteiger partial charge in [-0.1, -0.05) is 24.3 Å². The van der Waals surface area contributed by atoms with Gasteiger partial charge in [0.05, 0.1) is 11.0 Å². The molecule has 1 unspecified atom stereocenters. The maximum atomic E-state index is 5.54.